The number of carboxylic acids is 1. The van der Waals surface area contributed by atoms with Crippen molar-refractivity contribution in [1.82, 2.24) is 5.01 Å². The summed E-state index contributed by atoms with van der Waals surface area (Å²) in [4.78, 5) is 10.5. The number of aliphatic carboxylic acids is 1. The molecule has 6 nitrogen and oxygen atoms in total. The third-order valence-electron chi connectivity index (χ3n) is 2.85. The van der Waals surface area contributed by atoms with Gasteiger partial charge in [0.2, 0.25) is 0 Å². The van der Waals surface area contributed by atoms with Crippen molar-refractivity contribution in [2.24, 2.45) is 5.84 Å². The molecule has 0 radical (unpaired) electrons. The standard InChI is InChI=1S/C14H22N2O4/c1-3-16(15)10-11-6-7-12(19-2)9-13(11)20-8-4-5-14(17)18/h6-7,9H,3-5,8,10,15H2,1-2H3,(H,17,18). The van der Waals surface area contributed by atoms with Gasteiger partial charge in [0.15, 0.2) is 0 Å². The summed E-state index contributed by atoms with van der Waals surface area (Å²) in [6.45, 7) is 3.61. The van der Waals surface area contributed by atoms with E-state index in [1.165, 1.54) is 0 Å². The lowest BCUT2D eigenvalue weighted by Crippen LogP contribution is -2.30. The number of methoxy groups -OCH3 is 1. The number of hydrazine groups is 1. The third-order valence-corrected chi connectivity index (χ3v) is 2.85. The van der Waals surface area contributed by atoms with Crippen molar-refractivity contribution in [3.8, 4) is 11.5 Å². The molecule has 1 aromatic rings. The summed E-state index contributed by atoms with van der Waals surface area (Å²) in [5.41, 5.74) is 0.950. The molecule has 0 atom stereocenters. The Morgan fingerprint density at radius 1 is 1.45 bits per heavy atom. The minimum atomic E-state index is -0.821. The Bertz CT molecular complexity index is 437. The van der Waals surface area contributed by atoms with Gasteiger partial charge in [-0.3, -0.25) is 10.6 Å². The van der Waals surface area contributed by atoms with Gasteiger partial charge in [-0.2, -0.15) is 0 Å². The van der Waals surface area contributed by atoms with E-state index in [-0.39, 0.29) is 6.42 Å². The Kier molecular flexibility index (Phi) is 6.83. The van der Waals surface area contributed by atoms with Gasteiger partial charge in [-0.1, -0.05) is 13.0 Å². The Morgan fingerprint density at radius 2 is 2.20 bits per heavy atom. The second-order valence-corrected chi connectivity index (χ2v) is 4.38. The van der Waals surface area contributed by atoms with E-state index in [0.717, 1.165) is 12.1 Å². The van der Waals surface area contributed by atoms with Crippen molar-refractivity contribution in [2.45, 2.75) is 26.3 Å². The molecule has 0 aliphatic rings. The number of carboxylic acid groups (broad SMARTS) is 1. The van der Waals surface area contributed by atoms with Crippen LogP contribution in [0.4, 0.5) is 0 Å². The summed E-state index contributed by atoms with van der Waals surface area (Å²) in [5, 5.41) is 10.3. The Labute approximate surface area is 119 Å². The van der Waals surface area contributed by atoms with Crippen LogP contribution >= 0.6 is 0 Å². The average molecular weight is 282 g/mol. The van der Waals surface area contributed by atoms with Crippen molar-refractivity contribution in [2.75, 3.05) is 20.3 Å². The van der Waals surface area contributed by atoms with Gasteiger partial charge in [0, 0.05) is 31.1 Å². The lowest BCUT2D eigenvalue weighted by Gasteiger charge is -2.17. The molecule has 1 aromatic carbocycles. The van der Waals surface area contributed by atoms with Gasteiger partial charge >= 0.3 is 5.97 Å². The summed E-state index contributed by atoms with van der Waals surface area (Å²) >= 11 is 0. The van der Waals surface area contributed by atoms with E-state index < -0.39 is 5.97 Å². The van der Waals surface area contributed by atoms with Gasteiger partial charge in [-0.15, -0.1) is 0 Å². The summed E-state index contributed by atoms with van der Waals surface area (Å²) in [6, 6.07) is 5.55. The summed E-state index contributed by atoms with van der Waals surface area (Å²) < 4.78 is 10.8. The molecule has 6 heteroatoms. The molecular weight excluding hydrogens is 260 g/mol. The zero-order chi connectivity index (χ0) is 15.0. The highest BCUT2D eigenvalue weighted by atomic mass is 16.5. The Morgan fingerprint density at radius 3 is 2.80 bits per heavy atom. The average Bonchev–Trinajstić information content (AvgIpc) is 2.44. The second-order valence-electron chi connectivity index (χ2n) is 4.38. The zero-order valence-corrected chi connectivity index (χ0v) is 12.0. The van der Waals surface area contributed by atoms with Crippen LogP contribution in [0.1, 0.15) is 25.3 Å². The topological polar surface area (TPSA) is 85.0 Å². The minimum Gasteiger partial charge on any atom is -0.497 e. The van der Waals surface area contributed by atoms with E-state index in [9.17, 15) is 4.79 Å². The number of ether oxygens (including phenoxy) is 2. The number of hydrogen-bond donors (Lipinski definition) is 2. The van der Waals surface area contributed by atoms with Gasteiger partial charge in [-0.25, -0.2) is 5.01 Å². The van der Waals surface area contributed by atoms with Gasteiger partial charge in [-0.05, 0) is 12.5 Å². The summed E-state index contributed by atoms with van der Waals surface area (Å²) in [7, 11) is 1.59. The Hall–Kier alpha value is -1.79. The van der Waals surface area contributed by atoms with Crippen LogP contribution in [-0.4, -0.2) is 36.3 Å². The number of rotatable bonds is 9. The molecule has 20 heavy (non-hydrogen) atoms. The molecule has 0 spiro atoms. The first-order chi connectivity index (χ1) is 9.56. The lowest BCUT2D eigenvalue weighted by molar-refractivity contribution is -0.137. The van der Waals surface area contributed by atoms with Crippen LogP contribution in [0.25, 0.3) is 0 Å². The molecule has 0 saturated heterocycles. The third kappa shape index (κ3) is 5.46. The molecule has 0 amide bonds. The molecule has 3 N–H and O–H groups in total. The molecule has 0 unspecified atom stereocenters. The maximum atomic E-state index is 10.5. The van der Waals surface area contributed by atoms with Gasteiger partial charge < -0.3 is 14.6 Å². The molecule has 0 aliphatic heterocycles. The molecule has 112 valence electrons. The van der Waals surface area contributed by atoms with Crippen LogP contribution in [-0.2, 0) is 11.3 Å². The largest absolute Gasteiger partial charge is 0.497 e. The first kappa shape index (κ1) is 16.3. The van der Waals surface area contributed by atoms with E-state index in [0.29, 0.717) is 31.1 Å². The van der Waals surface area contributed by atoms with E-state index in [2.05, 4.69) is 0 Å². The van der Waals surface area contributed by atoms with Crippen molar-refractivity contribution >= 4 is 5.97 Å². The van der Waals surface area contributed by atoms with Crippen molar-refractivity contribution < 1.29 is 19.4 Å². The monoisotopic (exact) mass is 282 g/mol. The summed E-state index contributed by atoms with van der Waals surface area (Å²) in [6.07, 6.45) is 0.559. The zero-order valence-electron chi connectivity index (χ0n) is 12.0. The number of benzene rings is 1. The fourth-order valence-electron chi connectivity index (χ4n) is 1.66. The molecule has 0 bridgehead atoms. The predicted molar refractivity (Wildman–Crippen MR) is 75.6 cm³/mol. The lowest BCUT2D eigenvalue weighted by atomic mass is 10.2. The predicted octanol–water partition coefficient (Wildman–Crippen LogP) is 1.63. The number of carbonyl (C=O) groups is 1. The highest BCUT2D eigenvalue weighted by Gasteiger charge is 2.08. The maximum Gasteiger partial charge on any atom is 0.303 e. The van der Waals surface area contributed by atoms with Crippen LogP contribution in [0.5, 0.6) is 11.5 Å². The normalized spacial score (nSPS) is 10.6. The van der Waals surface area contributed by atoms with Gasteiger partial charge in [0.25, 0.3) is 0 Å². The highest BCUT2D eigenvalue weighted by Crippen LogP contribution is 2.25. The van der Waals surface area contributed by atoms with Crippen molar-refractivity contribution in [3.63, 3.8) is 0 Å². The number of nitrogens with two attached hydrogens (primary N) is 1. The van der Waals surface area contributed by atoms with Crippen LogP contribution in [0.3, 0.4) is 0 Å². The highest BCUT2D eigenvalue weighted by molar-refractivity contribution is 5.66. The fraction of sp³-hybridized carbons (Fsp3) is 0.500. The first-order valence-corrected chi connectivity index (χ1v) is 6.58. The maximum absolute atomic E-state index is 10.5. The van der Waals surface area contributed by atoms with Crippen LogP contribution < -0.4 is 15.3 Å². The van der Waals surface area contributed by atoms with E-state index >= 15 is 0 Å². The van der Waals surface area contributed by atoms with Gasteiger partial charge in [0.05, 0.1) is 13.7 Å². The van der Waals surface area contributed by atoms with E-state index in [4.69, 9.17) is 20.4 Å². The minimum absolute atomic E-state index is 0.0945. The smallest absolute Gasteiger partial charge is 0.303 e. The number of hydrogen-bond acceptors (Lipinski definition) is 5. The SMILES string of the molecule is CCN(N)Cc1ccc(OC)cc1OCCCC(=O)O. The van der Waals surface area contributed by atoms with Crippen LogP contribution in [0, 0.1) is 0 Å². The summed E-state index contributed by atoms with van der Waals surface area (Å²) in [5.74, 6) is 6.36. The molecule has 1 rings (SSSR count). The first-order valence-electron chi connectivity index (χ1n) is 6.58. The molecular formula is C14H22N2O4. The van der Waals surface area contributed by atoms with Crippen molar-refractivity contribution in [3.05, 3.63) is 23.8 Å². The number of nitrogens with zero attached hydrogens (tertiary/aromatic N) is 1. The van der Waals surface area contributed by atoms with Crippen LogP contribution in [0.2, 0.25) is 0 Å². The Balaban J connectivity index is 2.70. The van der Waals surface area contributed by atoms with E-state index in [1.807, 2.05) is 19.1 Å². The fourth-order valence-corrected chi connectivity index (χ4v) is 1.66. The van der Waals surface area contributed by atoms with E-state index in [1.54, 1.807) is 18.2 Å². The molecule has 0 fully saturated rings. The van der Waals surface area contributed by atoms with Crippen LogP contribution in [0.15, 0.2) is 18.2 Å². The van der Waals surface area contributed by atoms with Gasteiger partial charge in [0.1, 0.15) is 11.5 Å². The van der Waals surface area contributed by atoms with Crippen molar-refractivity contribution in [1.29, 1.82) is 0 Å². The molecule has 0 heterocycles. The quantitative estimate of drug-likeness (QED) is 0.407. The molecule has 0 saturated carbocycles. The second kappa shape index (κ2) is 8.39. The molecule has 0 aliphatic carbocycles. The molecule has 0 aromatic heterocycles.